The highest BCUT2D eigenvalue weighted by Crippen LogP contribution is 2.47. The molecule has 1 fully saturated rings. The number of likely N-dealkylation sites (tertiary alicyclic amines) is 1. The van der Waals surface area contributed by atoms with Crippen LogP contribution in [0.4, 0.5) is 4.79 Å². The van der Waals surface area contributed by atoms with Crippen molar-refractivity contribution in [2.24, 2.45) is 5.41 Å². The molecule has 31 heavy (non-hydrogen) atoms. The monoisotopic (exact) mass is 422 g/mol. The number of aliphatic hydroxyl groups is 1. The standard InChI is InChI=1S/C26H34N2O3/c1-7-8-19-13-17(2)22(18(3)14-19)23-20(29)15-26(16-21(23)30)9-11-28(12-10-26)24(31)27-25(4,5)6/h13-14,29H,9-12,15-16H2,1-6H3,(H,27,31). The summed E-state index contributed by atoms with van der Waals surface area (Å²) in [4.78, 5) is 27.6. The molecule has 5 nitrogen and oxygen atoms in total. The fraction of sp³-hybridized carbons (Fsp3) is 0.538. The second-order valence-electron chi connectivity index (χ2n) is 10.1. The zero-order valence-corrected chi connectivity index (χ0v) is 19.6. The van der Waals surface area contributed by atoms with Crippen molar-refractivity contribution in [3.8, 4) is 11.8 Å². The van der Waals surface area contributed by atoms with E-state index in [1.165, 1.54) is 0 Å². The number of rotatable bonds is 1. The van der Waals surface area contributed by atoms with Crippen LogP contribution in [0.5, 0.6) is 0 Å². The van der Waals surface area contributed by atoms with E-state index in [4.69, 9.17) is 0 Å². The Labute approximate surface area is 185 Å². The van der Waals surface area contributed by atoms with Crippen LogP contribution in [0.15, 0.2) is 17.9 Å². The van der Waals surface area contributed by atoms with Crippen LogP contribution in [-0.4, -0.2) is 40.4 Å². The molecule has 2 aliphatic rings. The molecular weight excluding hydrogens is 388 g/mol. The Bertz CT molecular complexity index is 971. The number of carbonyl (C=O) groups is 2. The van der Waals surface area contributed by atoms with Crippen LogP contribution in [0.2, 0.25) is 0 Å². The lowest BCUT2D eigenvalue weighted by Crippen LogP contribution is -2.52. The number of aryl methyl sites for hydroxylation is 2. The van der Waals surface area contributed by atoms with Gasteiger partial charge >= 0.3 is 6.03 Å². The number of hydrogen-bond donors (Lipinski definition) is 2. The number of nitrogens with one attached hydrogen (secondary N) is 1. The van der Waals surface area contributed by atoms with Crippen LogP contribution in [0.25, 0.3) is 5.57 Å². The van der Waals surface area contributed by atoms with E-state index in [9.17, 15) is 14.7 Å². The van der Waals surface area contributed by atoms with Crippen molar-refractivity contribution in [3.63, 3.8) is 0 Å². The minimum atomic E-state index is -0.281. The Kier molecular flexibility index (Phi) is 6.23. The fourth-order valence-electron chi connectivity index (χ4n) is 4.89. The Morgan fingerprint density at radius 1 is 1.13 bits per heavy atom. The van der Waals surface area contributed by atoms with E-state index in [1.807, 2.05) is 51.7 Å². The van der Waals surface area contributed by atoms with Crippen molar-refractivity contribution in [1.29, 1.82) is 0 Å². The SMILES string of the molecule is CC#Cc1cc(C)c(C2=C(O)CC3(CCN(C(=O)NC(C)(C)C)CC3)CC2=O)c(C)c1. The number of urea groups is 1. The Hall–Kier alpha value is -2.74. The van der Waals surface area contributed by atoms with E-state index >= 15 is 0 Å². The third-order valence-electron chi connectivity index (χ3n) is 6.29. The quantitative estimate of drug-likeness (QED) is 0.633. The molecule has 0 saturated carbocycles. The number of hydrogen-bond acceptors (Lipinski definition) is 3. The highest BCUT2D eigenvalue weighted by Gasteiger charge is 2.43. The van der Waals surface area contributed by atoms with Gasteiger partial charge in [0, 0.05) is 37.0 Å². The van der Waals surface area contributed by atoms with Gasteiger partial charge in [0.25, 0.3) is 0 Å². The zero-order chi connectivity index (χ0) is 23.0. The minimum absolute atomic E-state index is 0.00290. The van der Waals surface area contributed by atoms with Crippen LogP contribution in [-0.2, 0) is 4.79 Å². The van der Waals surface area contributed by atoms with Crippen molar-refractivity contribution >= 4 is 17.4 Å². The predicted octanol–water partition coefficient (Wildman–Crippen LogP) is 4.90. The summed E-state index contributed by atoms with van der Waals surface area (Å²) in [5, 5.41) is 14.0. The van der Waals surface area contributed by atoms with Gasteiger partial charge in [-0.05, 0) is 88.6 Å². The molecule has 1 saturated heterocycles. The van der Waals surface area contributed by atoms with Crippen LogP contribution >= 0.6 is 0 Å². The first-order valence-corrected chi connectivity index (χ1v) is 11.0. The molecule has 0 unspecified atom stereocenters. The first-order valence-electron chi connectivity index (χ1n) is 11.0. The molecule has 2 amide bonds. The average molecular weight is 423 g/mol. The molecule has 1 aromatic carbocycles. The van der Waals surface area contributed by atoms with Crippen LogP contribution in [0, 0.1) is 31.1 Å². The summed E-state index contributed by atoms with van der Waals surface area (Å²) in [6.45, 7) is 12.8. The molecule has 1 aromatic rings. The van der Waals surface area contributed by atoms with Gasteiger partial charge in [0.15, 0.2) is 5.78 Å². The second kappa shape index (κ2) is 8.42. The topological polar surface area (TPSA) is 69.6 Å². The number of ketones is 1. The van der Waals surface area contributed by atoms with Gasteiger partial charge in [-0.1, -0.05) is 5.92 Å². The predicted molar refractivity (Wildman–Crippen MR) is 124 cm³/mol. The summed E-state index contributed by atoms with van der Waals surface area (Å²) >= 11 is 0. The van der Waals surface area contributed by atoms with E-state index < -0.39 is 0 Å². The molecule has 2 N–H and O–H groups in total. The van der Waals surface area contributed by atoms with Gasteiger partial charge in [-0.25, -0.2) is 4.79 Å². The molecule has 1 aliphatic carbocycles. The van der Waals surface area contributed by atoms with Crippen molar-refractivity contribution in [1.82, 2.24) is 10.2 Å². The van der Waals surface area contributed by atoms with Gasteiger partial charge in [-0.15, -0.1) is 5.92 Å². The maximum absolute atomic E-state index is 13.3. The third-order valence-corrected chi connectivity index (χ3v) is 6.29. The maximum Gasteiger partial charge on any atom is 0.317 e. The molecule has 0 bridgehead atoms. The highest BCUT2D eigenvalue weighted by atomic mass is 16.3. The molecule has 166 valence electrons. The average Bonchev–Trinajstić information content (AvgIpc) is 2.62. The normalized spacial score (nSPS) is 18.6. The lowest BCUT2D eigenvalue weighted by Gasteiger charge is -2.44. The molecule has 0 aromatic heterocycles. The summed E-state index contributed by atoms with van der Waals surface area (Å²) in [5.41, 5.74) is 3.58. The minimum Gasteiger partial charge on any atom is -0.512 e. The number of benzene rings is 1. The van der Waals surface area contributed by atoms with Crippen molar-refractivity contribution in [2.45, 2.75) is 72.8 Å². The molecule has 3 rings (SSSR count). The van der Waals surface area contributed by atoms with Gasteiger partial charge < -0.3 is 15.3 Å². The molecule has 1 heterocycles. The van der Waals surface area contributed by atoms with E-state index in [0.717, 1.165) is 35.1 Å². The third kappa shape index (κ3) is 4.95. The van der Waals surface area contributed by atoms with Crippen molar-refractivity contribution < 1.29 is 14.7 Å². The molecule has 1 aliphatic heterocycles. The maximum atomic E-state index is 13.3. The van der Waals surface area contributed by atoms with E-state index in [0.29, 0.717) is 31.5 Å². The lowest BCUT2D eigenvalue weighted by atomic mass is 9.66. The molecule has 0 atom stereocenters. The van der Waals surface area contributed by atoms with Gasteiger partial charge in [-0.2, -0.15) is 0 Å². The van der Waals surface area contributed by atoms with Gasteiger partial charge in [0.05, 0.1) is 5.57 Å². The number of amides is 2. The first kappa shape index (κ1) is 22.9. The Morgan fingerprint density at radius 3 is 2.19 bits per heavy atom. The van der Waals surface area contributed by atoms with Gasteiger partial charge in [0.2, 0.25) is 0 Å². The number of Topliss-reactive ketones (excluding diaryl/α,β-unsaturated/α-hetero) is 1. The molecular formula is C26H34N2O3. The van der Waals surface area contributed by atoms with Gasteiger partial charge in [0.1, 0.15) is 5.76 Å². The molecule has 1 spiro atoms. The number of aliphatic hydroxyl groups excluding tert-OH is 1. The molecule has 0 radical (unpaired) electrons. The van der Waals surface area contributed by atoms with Crippen LogP contribution in [0.1, 0.15) is 75.6 Å². The first-order chi connectivity index (χ1) is 14.4. The largest absolute Gasteiger partial charge is 0.512 e. The van der Waals surface area contributed by atoms with E-state index in [-0.39, 0.29) is 28.5 Å². The molecule has 5 heteroatoms. The fourth-order valence-corrected chi connectivity index (χ4v) is 4.89. The van der Waals surface area contributed by atoms with Crippen molar-refractivity contribution in [2.75, 3.05) is 13.1 Å². The summed E-state index contributed by atoms with van der Waals surface area (Å²) in [6.07, 6.45) is 2.34. The van der Waals surface area contributed by atoms with Crippen LogP contribution < -0.4 is 5.32 Å². The number of piperidine rings is 1. The van der Waals surface area contributed by atoms with Crippen LogP contribution in [0.3, 0.4) is 0 Å². The van der Waals surface area contributed by atoms with E-state index in [1.54, 1.807) is 6.92 Å². The summed E-state index contributed by atoms with van der Waals surface area (Å²) < 4.78 is 0. The Balaban J connectivity index is 1.81. The lowest BCUT2D eigenvalue weighted by molar-refractivity contribution is -0.117. The number of carbonyl (C=O) groups excluding carboxylic acids is 2. The summed E-state index contributed by atoms with van der Waals surface area (Å²) in [6, 6.07) is 3.89. The summed E-state index contributed by atoms with van der Waals surface area (Å²) in [5.74, 6) is 6.15. The van der Waals surface area contributed by atoms with Crippen molar-refractivity contribution in [3.05, 3.63) is 40.1 Å². The highest BCUT2D eigenvalue weighted by molar-refractivity contribution is 6.23. The number of nitrogens with zero attached hydrogens (tertiary/aromatic N) is 1. The van der Waals surface area contributed by atoms with E-state index in [2.05, 4.69) is 17.2 Å². The Morgan fingerprint density at radius 2 is 1.71 bits per heavy atom. The second-order valence-corrected chi connectivity index (χ2v) is 10.1. The smallest absolute Gasteiger partial charge is 0.317 e. The zero-order valence-electron chi connectivity index (χ0n) is 19.6. The summed E-state index contributed by atoms with van der Waals surface area (Å²) in [7, 11) is 0. The van der Waals surface area contributed by atoms with Gasteiger partial charge in [-0.3, -0.25) is 4.79 Å². The number of allylic oxidation sites excluding steroid dienone is 2.